The van der Waals surface area contributed by atoms with E-state index in [4.69, 9.17) is 9.47 Å². The van der Waals surface area contributed by atoms with Gasteiger partial charge in [0.1, 0.15) is 17.3 Å². The van der Waals surface area contributed by atoms with Gasteiger partial charge in [-0.25, -0.2) is 4.39 Å². The number of methoxy groups -OCH3 is 2. The van der Waals surface area contributed by atoms with Crippen molar-refractivity contribution in [3.8, 4) is 11.5 Å². The Bertz CT molecular complexity index is 1010. The first-order chi connectivity index (χ1) is 16.6. The first-order valence-corrected chi connectivity index (χ1v) is 11.9. The maximum atomic E-state index is 13.3. The fourth-order valence-corrected chi connectivity index (χ4v) is 4.12. The summed E-state index contributed by atoms with van der Waals surface area (Å²) in [5.41, 5.74) is 0.901. The van der Waals surface area contributed by atoms with E-state index in [2.05, 4.69) is 4.90 Å². The average molecular weight is 486 g/mol. The third-order valence-electron chi connectivity index (χ3n) is 6.20. The van der Waals surface area contributed by atoms with Crippen molar-refractivity contribution >= 4 is 11.8 Å². The zero-order valence-electron chi connectivity index (χ0n) is 21.3. The number of ether oxygens (including phenoxy) is 2. The predicted octanol–water partition coefficient (Wildman–Crippen LogP) is 3.68. The van der Waals surface area contributed by atoms with Crippen LogP contribution in [0.1, 0.15) is 36.7 Å². The summed E-state index contributed by atoms with van der Waals surface area (Å²) in [6.07, 6.45) is 0. The number of nitrogens with zero attached hydrogens (tertiary/aromatic N) is 3. The van der Waals surface area contributed by atoms with Gasteiger partial charge in [0, 0.05) is 57.3 Å². The molecule has 1 fully saturated rings. The van der Waals surface area contributed by atoms with E-state index in [1.54, 1.807) is 44.6 Å². The van der Waals surface area contributed by atoms with Crippen molar-refractivity contribution in [2.45, 2.75) is 27.3 Å². The van der Waals surface area contributed by atoms with Crippen molar-refractivity contribution in [2.75, 3.05) is 53.5 Å². The molecule has 0 aliphatic carbocycles. The Kier molecular flexibility index (Phi) is 8.72. The summed E-state index contributed by atoms with van der Waals surface area (Å²) in [5.74, 6) is 0.835. The molecule has 2 aromatic rings. The van der Waals surface area contributed by atoms with Gasteiger partial charge in [-0.05, 0) is 29.8 Å². The molecule has 0 bridgehead atoms. The van der Waals surface area contributed by atoms with Crippen molar-refractivity contribution < 1.29 is 23.5 Å². The minimum absolute atomic E-state index is 0.0576. The van der Waals surface area contributed by atoms with Crippen LogP contribution in [0.2, 0.25) is 0 Å². The maximum Gasteiger partial charge on any atom is 0.257 e. The van der Waals surface area contributed by atoms with Crippen LogP contribution in [0.25, 0.3) is 0 Å². The number of hydrogen-bond donors (Lipinski definition) is 0. The lowest BCUT2D eigenvalue weighted by molar-refractivity contribution is -0.140. The molecule has 0 N–H and O–H groups in total. The van der Waals surface area contributed by atoms with Gasteiger partial charge in [0.15, 0.2) is 0 Å². The van der Waals surface area contributed by atoms with Crippen LogP contribution in [0.15, 0.2) is 42.5 Å². The lowest BCUT2D eigenvalue weighted by Crippen LogP contribution is -2.51. The summed E-state index contributed by atoms with van der Waals surface area (Å²) in [6, 6.07) is 11.5. The van der Waals surface area contributed by atoms with Crippen molar-refractivity contribution in [1.82, 2.24) is 14.7 Å². The van der Waals surface area contributed by atoms with E-state index in [9.17, 15) is 14.0 Å². The third-order valence-corrected chi connectivity index (χ3v) is 6.20. The van der Waals surface area contributed by atoms with Crippen LogP contribution in [0, 0.1) is 11.2 Å². The zero-order chi connectivity index (χ0) is 25.6. The molecule has 0 atom stereocenters. The molecule has 7 nitrogen and oxygen atoms in total. The second kappa shape index (κ2) is 11.5. The molecule has 0 aromatic heterocycles. The fraction of sp³-hybridized carbons (Fsp3) is 0.481. The molecule has 1 heterocycles. The first-order valence-electron chi connectivity index (χ1n) is 11.9. The minimum atomic E-state index is -0.511. The number of hydrogen-bond acceptors (Lipinski definition) is 5. The van der Waals surface area contributed by atoms with Crippen molar-refractivity contribution in [1.29, 1.82) is 0 Å². The Hall–Kier alpha value is -3.13. The van der Waals surface area contributed by atoms with Gasteiger partial charge in [0.2, 0.25) is 5.91 Å². The molecule has 0 radical (unpaired) electrons. The molecule has 1 aliphatic rings. The SMILES string of the molecule is COc1ccc(C(=O)N2CCN(CCN(Cc3ccc(F)cc3)C(=O)C(C)(C)C)CC2)c(OC)c1. The fourth-order valence-electron chi connectivity index (χ4n) is 4.12. The molecular weight excluding hydrogens is 449 g/mol. The van der Waals surface area contributed by atoms with Crippen LogP contribution < -0.4 is 9.47 Å². The summed E-state index contributed by atoms with van der Waals surface area (Å²) in [5, 5.41) is 0. The van der Waals surface area contributed by atoms with Gasteiger partial charge < -0.3 is 19.3 Å². The lowest BCUT2D eigenvalue weighted by Gasteiger charge is -2.37. The Morgan fingerprint density at radius 1 is 0.971 bits per heavy atom. The predicted molar refractivity (Wildman–Crippen MR) is 133 cm³/mol. The molecule has 1 aliphatic heterocycles. The Morgan fingerprint density at radius 3 is 2.20 bits per heavy atom. The van der Waals surface area contributed by atoms with E-state index in [1.807, 2.05) is 30.6 Å². The van der Waals surface area contributed by atoms with E-state index in [1.165, 1.54) is 12.1 Å². The topological polar surface area (TPSA) is 62.3 Å². The molecule has 190 valence electrons. The third kappa shape index (κ3) is 6.94. The van der Waals surface area contributed by atoms with Crippen LogP contribution in [0.5, 0.6) is 11.5 Å². The summed E-state index contributed by atoms with van der Waals surface area (Å²) in [7, 11) is 3.12. The molecular formula is C27H36FN3O4. The van der Waals surface area contributed by atoms with Gasteiger partial charge in [-0.1, -0.05) is 32.9 Å². The van der Waals surface area contributed by atoms with Crippen LogP contribution in [-0.4, -0.2) is 80.0 Å². The van der Waals surface area contributed by atoms with E-state index < -0.39 is 5.41 Å². The highest BCUT2D eigenvalue weighted by Gasteiger charge is 2.29. The summed E-state index contributed by atoms with van der Waals surface area (Å²) < 4.78 is 23.9. The summed E-state index contributed by atoms with van der Waals surface area (Å²) >= 11 is 0. The van der Waals surface area contributed by atoms with E-state index in [-0.39, 0.29) is 17.6 Å². The molecule has 1 saturated heterocycles. The average Bonchev–Trinajstić information content (AvgIpc) is 2.86. The number of benzene rings is 2. The van der Waals surface area contributed by atoms with Gasteiger partial charge in [0.25, 0.3) is 5.91 Å². The van der Waals surface area contributed by atoms with Gasteiger partial charge in [-0.3, -0.25) is 14.5 Å². The molecule has 35 heavy (non-hydrogen) atoms. The summed E-state index contributed by atoms with van der Waals surface area (Å²) in [6.45, 7) is 10.1. The van der Waals surface area contributed by atoms with Crippen molar-refractivity contribution in [3.63, 3.8) is 0 Å². The largest absolute Gasteiger partial charge is 0.497 e. The minimum Gasteiger partial charge on any atom is -0.497 e. The van der Waals surface area contributed by atoms with Crippen LogP contribution in [0.4, 0.5) is 4.39 Å². The number of amides is 2. The smallest absolute Gasteiger partial charge is 0.257 e. The van der Waals surface area contributed by atoms with E-state index in [0.29, 0.717) is 49.8 Å². The highest BCUT2D eigenvalue weighted by Crippen LogP contribution is 2.26. The number of carbonyl (C=O) groups excluding carboxylic acids is 2. The molecule has 3 rings (SSSR count). The maximum absolute atomic E-state index is 13.3. The quantitative estimate of drug-likeness (QED) is 0.571. The number of halogens is 1. The zero-order valence-corrected chi connectivity index (χ0v) is 21.3. The van der Waals surface area contributed by atoms with Crippen molar-refractivity contribution in [3.05, 3.63) is 59.4 Å². The number of carbonyl (C=O) groups is 2. The standard InChI is InChI=1S/C27H36FN3O4/c1-27(2,3)26(33)31(19-20-6-8-21(28)9-7-20)17-14-29-12-15-30(16-13-29)25(32)23-11-10-22(34-4)18-24(23)35-5/h6-11,18H,12-17,19H2,1-5H3. The number of rotatable bonds is 8. The summed E-state index contributed by atoms with van der Waals surface area (Å²) in [4.78, 5) is 32.1. The highest BCUT2D eigenvalue weighted by atomic mass is 19.1. The monoisotopic (exact) mass is 485 g/mol. The number of piperazine rings is 1. The Labute approximate surface area is 207 Å². The molecule has 2 amide bonds. The van der Waals surface area contributed by atoms with Gasteiger partial charge in [0.05, 0.1) is 19.8 Å². The van der Waals surface area contributed by atoms with Crippen LogP contribution in [-0.2, 0) is 11.3 Å². The van der Waals surface area contributed by atoms with E-state index >= 15 is 0 Å². The normalized spacial score (nSPS) is 14.5. The highest BCUT2D eigenvalue weighted by molar-refractivity contribution is 5.97. The Balaban J connectivity index is 1.59. The van der Waals surface area contributed by atoms with Gasteiger partial charge >= 0.3 is 0 Å². The molecule has 2 aromatic carbocycles. The molecule has 0 saturated carbocycles. The van der Waals surface area contributed by atoms with E-state index in [0.717, 1.165) is 18.7 Å². The van der Waals surface area contributed by atoms with Gasteiger partial charge in [-0.15, -0.1) is 0 Å². The second-order valence-electron chi connectivity index (χ2n) is 9.80. The Morgan fingerprint density at radius 2 is 1.63 bits per heavy atom. The molecule has 0 unspecified atom stereocenters. The van der Waals surface area contributed by atoms with Crippen LogP contribution >= 0.6 is 0 Å². The lowest BCUT2D eigenvalue weighted by atomic mass is 9.94. The van der Waals surface area contributed by atoms with Gasteiger partial charge in [-0.2, -0.15) is 0 Å². The van der Waals surface area contributed by atoms with Crippen LogP contribution in [0.3, 0.4) is 0 Å². The van der Waals surface area contributed by atoms with Crippen molar-refractivity contribution in [2.24, 2.45) is 5.41 Å². The second-order valence-corrected chi connectivity index (χ2v) is 9.80. The molecule has 8 heteroatoms. The first kappa shape index (κ1) is 26.5. The molecule has 0 spiro atoms.